The van der Waals surface area contributed by atoms with Crippen LogP contribution >= 0.6 is 11.6 Å². The minimum atomic E-state index is 0.661. The Morgan fingerprint density at radius 2 is 1.75 bits per heavy atom. The lowest BCUT2D eigenvalue weighted by Gasteiger charge is -2.13. The summed E-state index contributed by atoms with van der Waals surface area (Å²) < 4.78 is 0. The zero-order valence-electron chi connectivity index (χ0n) is 13.5. The average molecular weight is 339 g/mol. The van der Waals surface area contributed by atoms with Gasteiger partial charge in [-0.05, 0) is 29.3 Å². The second-order valence-corrected chi connectivity index (χ2v) is 5.83. The summed E-state index contributed by atoms with van der Waals surface area (Å²) in [5.41, 5.74) is 3.30. The fourth-order valence-electron chi connectivity index (χ4n) is 2.50. The molecule has 0 aliphatic heterocycles. The summed E-state index contributed by atoms with van der Waals surface area (Å²) in [6, 6.07) is 18.0. The average Bonchev–Trinajstić information content (AvgIpc) is 2.63. The largest absolute Gasteiger partial charge is 0.352 e. The predicted octanol–water partition coefficient (Wildman–Crippen LogP) is 3.75. The van der Waals surface area contributed by atoms with Crippen molar-refractivity contribution in [3.8, 4) is 0 Å². The number of pyridine rings is 1. The maximum Gasteiger partial charge on any atom is 0.191 e. The maximum absolute atomic E-state index is 5.90. The van der Waals surface area contributed by atoms with Crippen LogP contribution in [0.2, 0.25) is 5.02 Å². The van der Waals surface area contributed by atoms with Crippen LogP contribution in [-0.2, 0) is 13.1 Å². The first kappa shape index (κ1) is 16.3. The Labute approximate surface area is 146 Å². The van der Waals surface area contributed by atoms with Gasteiger partial charge in [0.1, 0.15) is 0 Å². The highest BCUT2D eigenvalue weighted by Crippen LogP contribution is 2.15. The quantitative estimate of drug-likeness (QED) is 0.562. The molecule has 24 heavy (non-hydrogen) atoms. The van der Waals surface area contributed by atoms with Gasteiger partial charge in [-0.3, -0.25) is 9.98 Å². The first-order valence-electron chi connectivity index (χ1n) is 7.78. The van der Waals surface area contributed by atoms with Crippen molar-refractivity contribution in [3.63, 3.8) is 0 Å². The van der Waals surface area contributed by atoms with Gasteiger partial charge in [-0.1, -0.05) is 48.0 Å². The van der Waals surface area contributed by atoms with Crippen LogP contribution in [0, 0.1) is 0 Å². The van der Waals surface area contributed by atoms with E-state index in [1.807, 2.05) is 42.6 Å². The van der Waals surface area contributed by atoms with Crippen molar-refractivity contribution in [2.75, 3.05) is 7.05 Å². The molecule has 3 aromatic rings. The van der Waals surface area contributed by atoms with Gasteiger partial charge in [-0.25, -0.2) is 0 Å². The Bertz CT molecular complexity index is 838. The third-order valence-electron chi connectivity index (χ3n) is 3.76. The van der Waals surface area contributed by atoms with Gasteiger partial charge < -0.3 is 10.6 Å². The Morgan fingerprint density at radius 3 is 2.54 bits per heavy atom. The first-order valence-corrected chi connectivity index (χ1v) is 8.15. The third kappa shape index (κ3) is 4.03. The molecule has 1 aromatic heterocycles. The van der Waals surface area contributed by atoms with Crippen LogP contribution < -0.4 is 10.6 Å². The fourth-order valence-corrected chi connectivity index (χ4v) is 2.62. The highest BCUT2D eigenvalue weighted by atomic mass is 35.5. The van der Waals surface area contributed by atoms with Gasteiger partial charge in [0.15, 0.2) is 5.96 Å². The highest BCUT2D eigenvalue weighted by molar-refractivity contribution is 6.30. The van der Waals surface area contributed by atoms with E-state index in [1.54, 1.807) is 7.05 Å². The summed E-state index contributed by atoms with van der Waals surface area (Å²) in [4.78, 5) is 8.74. The van der Waals surface area contributed by atoms with Gasteiger partial charge >= 0.3 is 0 Å². The molecule has 0 aliphatic carbocycles. The van der Waals surface area contributed by atoms with Crippen LogP contribution in [0.3, 0.4) is 0 Å². The van der Waals surface area contributed by atoms with Crippen LogP contribution in [-0.4, -0.2) is 18.0 Å². The van der Waals surface area contributed by atoms with Crippen molar-refractivity contribution in [1.29, 1.82) is 0 Å². The van der Waals surface area contributed by atoms with Crippen molar-refractivity contribution < 1.29 is 0 Å². The smallest absolute Gasteiger partial charge is 0.191 e. The van der Waals surface area contributed by atoms with Gasteiger partial charge in [0.2, 0.25) is 0 Å². The lowest BCUT2D eigenvalue weighted by Crippen LogP contribution is -2.36. The number of rotatable bonds is 4. The van der Waals surface area contributed by atoms with Gasteiger partial charge in [0, 0.05) is 36.7 Å². The predicted molar refractivity (Wildman–Crippen MR) is 100 cm³/mol. The van der Waals surface area contributed by atoms with E-state index in [0.717, 1.165) is 33.0 Å². The zero-order chi connectivity index (χ0) is 16.8. The van der Waals surface area contributed by atoms with E-state index in [2.05, 4.69) is 38.8 Å². The van der Waals surface area contributed by atoms with Crippen LogP contribution in [0.5, 0.6) is 0 Å². The summed E-state index contributed by atoms with van der Waals surface area (Å²) in [6.45, 7) is 1.35. The lowest BCUT2D eigenvalue weighted by atomic mass is 10.1. The van der Waals surface area contributed by atoms with Gasteiger partial charge in [0.25, 0.3) is 0 Å². The Hall–Kier alpha value is -2.59. The summed E-state index contributed by atoms with van der Waals surface area (Å²) in [6.07, 6.45) is 1.82. The third-order valence-corrected chi connectivity index (χ3v) is 4.01. The maximum atomic E-state index is 5.90. The molecule has 5 heteroatoms. The van der Waals surface area contributed by atoms with E-state index >= 15 is 0 Å². The SMILES string of the molecule is CN=C(NCc1ccc(Cl)cc1)NCc1cccc2cccnc12. The van der Waals surface area contributed by atoms with Crippen molar-refractivity contribution >= 4 is 28.5 Å². The van der Waals surface area contributed by atoms with Crippen LogP contribution in [0.4, 0.5) is 0 Å². The molecule has 0 fully saturated rings. The topological polar surface area (TPSA) is 49.3 Å². The molecule has 4 nitrogen and oxygen atoms in total. The molecule has 0 spiro atoms. The lowest BCUT2D eigenvalue weighted by molar-refractivity contribution is 0.811. The van der Waals surface area contributed by atoms with Crippen molar-refractivity contribution in [2.45, 2.75) is 13.1 Å². The number of nitrogens with one attached hydrogen (secondary N) is 2. The fraction of sp³-hybridized carbons (Fsp3) is 0.158. The molecule has 0 aliphatic rings. The highest BCUT2D eigenvalue weighted by Gasteiger charge is 2.03. The summed E-state index contributed by atoms with van der Waals surface area (Å²) in [5, 5.41) is 8.51. The standard InChI is InChI=1S/C19H19ClN4/c1-21-19(23-12-14-7-9-17(20)10-8-14)24-13-16-5-2-4-15-6-3-11-22-18(15)16/h2-11H,12-13H2,1H3,(H2,21,23,24). The summed E-state index contributed by atoms with van der Waals surface area (Å²) >= 11 is 5.90. The number of guanidine groups is 1. The second-order valence-electron chi connectivity index (χ2n) is 5.40. The number of fused-ring (bicyclic) bond motifs is 1. The number of hydrogen-bond donors (Lipinski definition) is 2. The Balaban J connectivity index is 1.62. The number of hydrogen-bond acceptors (Lipinski definition) is 2. The van der Waals surface area contributed by atoms with E-state index in [-0.39, 0.29) is 0 Å². The molecule has 1 heterocycles. The summed E-state index contributed by atoms with van der Waals surface area (Å²) in [7, 11) is 1.76. The molecule has 0 saturated carbocycles. The van der Waals surface area contributed by atoms with Crippen LogP contribution in [0.25, 0.3) is 10.9 Å². The number of nitrogens with zero attached hydrogens (tertiary/aromatic N) is 2. The minimum Gasteiger partial charge on any atom is -0.352 e. The first-order chi connectivity index (χ1) is 11.8. The molecule has 0 radical (unpaired) electrons. The van der Waals surface area contributed by atoms with Crippen molar-refractivity contribution in [3.05, 3.63) is 76.9 Å². The number of aliphatic imine (C=N–C) groups is 1. The number of para-hydroxylation sites is 1. The van der Waals surface area contributed by atoms with E-state index < -0.39 is 0 Å². The van der Waals surface area contributed by atoms with E-state index in [1.165, 1.54) is 0 Å². The molecule has 0 saturated heterocycles. The van der Waals surface area contributed by atoms with Gasteiger partial charge in [-0.2, -0.15) is 0 Å². The van der Waals surface area contributed by atoms with Gasteiger partial charge in [0.05, 0.1) is 5.52 Å². The van der Waals surface area contributed by atoms with Gasteiger partial charge in [-0.15, -0.1) is 0 Å². The molecular weight excluding hydrogens is 320 g/mol. The van der Waals surface area contributed by atoms with Crippen LogP contribution in [0.1, 0.15) is 11.1 Å². The molecule has 0 amide bonds. The van der Waals surface area contributed by atoms with E-state index in [9.17, 15) is 0 Å². The van der Waals surface area contributed by atoms with E-state index in [0.29, 0.717) is 13.1 Å². The molecule has 0 bridgehead atoms. The molecule has 0 atom stereocenters. The number of benzene rings is 2. The molecule has 2 N–H and O–H groups in total. The molecule has 2 aromatic carbocycles. The minimum absolute atomic E-state index is 0.661. The van der Waals surface area contributed by atoms with Crippen LogP contribution in [0.15, 0.2) is 65.8 Å². The zero-order valence-corrected chi connectivity index (χ0v) is 14.2. The van der Waals surface area contributed by atoms with Crippen molar-refractivity contribution in [1.82, 2.24) is 15.6 Å². The number of aromatic nitrogens is 1. The van der Waals surface area contributed by atoms with E-state index in [4.69, 9.17) is 11.6 Å². The monoisotopic (exact) mass is 338 g/mol. The number of halogens is 1. The van der Waals surface area contributed by atoms with Crippen molar-refractivity contribution in [2.24, 2.45) is 4.99 Å². The normalized spacial score (nSPS) is 11.5. The Morgan fingerprint density at radius 1 is 1.00 bits per heavy atom. The molecule has 3 rings (SSSR count). The molecule has 122 valence electrons. The Kier molecular flexibility index (Phi) is 5.29. The molecule has 0 unspecified atom stereocenters. The second kappa shape index (κ2) is 7.79. The molecular formula is C19H19ClN4. The summed E-state index contributed by atoms with van der Waals surface area (Å²) in [5.74, 6) is 0.748.